The minimum atomic E-state index is -3.91. The maximum Gasteiger partial charge on any atom is 0.321 e. The van der Waals surface area contributed by atoms with Gasteiger partial charge in [0.2, 0.25) is 11.8 Å². The zero-order chi connectivity index (χ0) is 34.6. The number of rotatable bonds is 11. The normalized spacial score (nSPS) is 16.7. The highest BCUT2D eigenvalue weighted by atomic mass is 32.2. The number of carbonyl (C=O) groups is 4. The lowest BCUT2D eigenvalue weighted by atomic mass is 9.93. The molecule has 1 saturated heterocycles. The quantitative estimate of drug-likeness (QED) is 0.258. The van der Waals surface area contributed by atoms with Crippen molar-refractivity contribution in [2.45, 2.75) is 30.3 Å². The Kier molecular flexibility index (Phi) is 10.5. The fourth-order valence-electron chi connectivity index (χ4n) is 5.39. The summed E-state index contributed by atoms with van der Waals surface area (Å²) in [6.07, 6.45) is 0.787. The van der Waals surface area contributed by atoms with E-state index in [4.69, 9.17) is 10.5 Å². The van der Waals surface area contributed by atoms with E-state index in [1.807, 2.05) is 0 Å². The van der Waals surface area contributed by atoms with E-state index in [1.165, 1.54) is 74.3 Å². The Morgan fingerprint density at radius 2 is 1.79 bits per heavy atom. The van der Waals surface area contributed by atoms with Gasteiger partial charge in [0.15, 0.2) is 21.4 Å². The number of nitrogens with zero attached hydrogens (tertiary/aromatic N) is 2. The van der Waals surface area contributed by atoms with E-state index in [1.54, 1.807) is 0 Å². The molecule has 0 aliphatic carbocycles. The molecule has 0 unspecified atom stereocenters. The predicted octanol–water partition coefficient (Wildman–Crippen LogP) is 3.90. The monoisotopic (exact) mass is 671 g/mol. The number of amides is 4. The van der Waals surface area contributed by atoms with E-state index >= 15 is 4.39 Å². The molecule has 0 saturated carbocycles. The van der Waals surface area contributed by atoms with Gasteiger partial charge in [0, 0.05) is 37.8 Å². The standard InChI is InChI=1S/C32H35F2N5O7S/c1-5-47(44,45)27-11-8-21(36-32(43)38(2)3)16-22(27)29-20(17-40)12-13-39(29)31(42)28(18-6-10-24(34)26(15-18)46-4)37-25-14-19(30(35)41)7-9-23(25)33/h6-11,14-17,20,28-29,37H,5,12-13H2,1-4H3,(H2,35,41)(H,36,43)/t20-,28+,29-/m1/s1. The van der Waals surface area contributed by atoms with Crippen molar-refractivity contribution in [1.29, 1.82) is 0 Å². The van der Waals surface area contributed by atoms with Crippen LogP contribution in [0.2, 0.25) is 0 Å². The summed E-state index contributed by atoms with van der Waals surface area (Å²) in [5.74, 6) is -4.48. The van der Waals surface area contributed by atoms with Crippen LogP contribution in [0, 0.1) is 17.6 Å². The molecule has 4 amide bonds. The Balaban J connectivity index is 1.89. The van der Waals surface area contributed by atoms with Crippen molar-refractivity contribution in [3.8, 4) is 5.75 Å². The average molecular weight is 672 g/mol. The number of aldehydes is 1. The number of benzene rings is 3. The fraction of sp³-hybridized carbons (Fsp3) is 0.312. The molecule has 4 N–H and O–H groups in total. The molecule has 0 spiro atoms. The number of anilines is 2. The van der Waals surface area contributed by atoms with Crippen molar-refractivity contribution in [3.63, 3.8) is 0 Å². The number of hydrogen-bond acceptors (Lipinski definition) is 8. The van der Waals surface area contributed by atoms with Crippen LogP contribution >= 0.6 is 0 Å². The molecular weight excluding hydrogens is 636 g/mol. The summed E-state index contributed by atoms with van der Waals surface area (Å²) in [6.45, 7) is 1.44. The summed E-state index contributed by atoms with van der Waals surface area (Å²) >= 11 is 0. The highest BCUT2D eigenvalue weighted by molar-refractivity contribution is 7.91. The SMILES string of the molecule is CCS(=O)(=O)c1ccc(NC(=O)N(C)C)cc1[C@H]1[C@@H](C=O)CCN1C(=O)[C@@H](Nc1cc(C(N)=O)ccc1F)c1ccc(F)c(OC)c1. The summed E-state index contributed by atoms with van der Waals surface area (Å²) in [6, 6.07) is 7.94. The number of nitrogens with two attached hydrogens (primary N) is 1. The van der Waals surface area contributed by atoms with Crippen LogP contribution in [0.1, 0.15) is 46.9 Å². The van der Waals surface area contributed by atoms with Crippen molar-refractivity contribution in [3.05, 3.63) is 82.9 Å². The minimum Gasteiger partial charge on any atom is -0.494 e. The van der Waals surface area contributed by atoms with E-state index < -0.39 is 57.3 Å². The molecule has 250 valence electrons. The molecule has 1 aliphatic heterocycles. The maximum absolute atomic E-state index is 15.1. The van der Waals surface area contributed by atoms with Gasteiger partial charge < -0.3 is 35.7 Å². The van der Waals surface area contributed by atoms with Crippen LogP contribution in [-0.2, 0) is 19.4 Å². The van der Waals surface area contributed by atoms with Gasteiger partial charge in [-0.15, -0.1) is 0 Å². The van der Waals surface area contributed by atoms with Gasteiger partial charge in [-0.3, -0.25) is 9.59 Å². The van der Waals surface area contributed by atoms with E-state index in [2.05, 4.69) is 10.6 Å². The molecule has 12 nitrogen and oxygen atoms in total. The second-order valence-electron chi connectivity index (χ2n) is 11.1. The van der Waals surface area contributed by atoms with E-state index in [9.17, 15) is 32.0 Å². The number of nitrogens with one attached hydrogen (secondary N) is 2. The molecule has 47 heavy (non-hydrogen) atoms. The Morgan fingerprint density at radius 3 is 2.40 bits per heavy atom. The van der Waals surface area contributed by atoms with Gasteiger partial charge >= 0.3 is 6.03 Å². The molecule has 4 rings (SSSR count). The number of carbonyl (C=O) groups excluding carboxylic acids is 4. The van der Waals surface area contributed by atoms with Crippen molar-refractivity contribution in [1.82, 2.24) is 9.80 Å². The highest BCUT2D eigenvalue weighted by Crippen LogP contribution is 2.42. The first kappa shape index (κ1) is 34.8. The summed E-state index contributed by atoms with van der Waals surface area (Å²) in [7, 11) is 0.360. The number of sulfone groups is 1. The van der Waals surface area contributed by atoms with E-state index in [0.717, 1.165) is 18.2 Å². The van der Waals surface area contributed by atoms with Crippen LogP contribution in [-0.4, -0.2) is 75.9 Å². The van der Waals surface area contributed by atoms with Crippen LogP contribution in [0.15, 0.2) is 59.5 Å². The Hall–Kier alpha value is -5.05. The van der Waals surface area contributed by atoms with E-state index in [-0.39, 0.29) is 57.4 Å². The zero-order valence-electron chi connectivity index (χ0n) is 26.1. The van der Waals surface area contributed by atoms with Crippen LogP contribution in [0.3, 0.4) is 0 Å². The van der Waals surface area contributed by atoms with Crippen LogP contribution in [0.5, 0.6) is 5.75 Å². The molecular formula is C32H35F2N5O7S. The molecule has 1 heterocycles. The van der Waals surface area contributed by atoms with Crippen LogP contribution in [0.25, 0.3) is 0 Å². The molecule has 0 radical (unpaired) electrons. The van der Waals surface area contributed by atoms with Gasteiger partial charge in [-0.05, 0) is 66.1 Å². The maximum atomic E-state index is 15.1. The summed E-state index contributed by atoms with van der Waals surface area (Å²) < 4.78 is 61.2. The number of halogens is 2. The molecule has 1 aliphatic rings. The molecule has 3 atom stereocenters. The van der Waals surface area contributed by atoms with Gasteiger partial charge in [-0.25, -0.2) is 22.0 Å². The second-order valence-corrected chi connectivity index (χ2v) is 13.3. The predicted molar refractivity (Wildman–Crippen MR) is 170 cm³/mol. The number of urea groups is 1. The summed E-state index contributed by atoms with van der Waals surface area (Å²) in [4.78, 5) is 53.7. The lowest BCUT2D eigenvalue weighted by Gasteiger charge is -2.32. The first-order chi connectivity index (χ1) is 22.2. The highest BCUT2D eigenvalue weighted by Gasteiger charge is 2.43. The third-order valence-electron chi connectivity index (χ3n) is 7.91. The van der Waals surface area contributed by atoms with Gasteiger partial charge in [0.25, 0.3) is 0 Å². The first-order valence-electron chi connectivity index (χ1n) is 14.5. The van der Waals surface area contributed by atoms with Crippen molar-refractivity contribution >= 4 is 45.3 Å². The van der Waals surface area contributed by atoms with Gasteiger partial charge in [-0.2, -0.15) is 0 Å². The van der Waals surface area contributed by atoms with Crippen LogP contribution < -0.4 is 21.1 Å². The lowest BCUT2D eigenvalue weighted by molar-refractivity contribution is -0.133. The summed E-state index contributed by atoms with van der Waals surface area (Å²) in [5, 5.41) is 5.45. The van der Waals surface area contributed by atoms with Crippen LogP contribution in [0.4, 0.5) is 25.0 Å². The number of ether oxygens (including phenoxy) is 1. The molecule has 0 bridgehead atoms. The summed E-state index contributed by atoms with van der Waals surface area (Å²) in [5.41, 5.74) is 5.53. The van der Waals surface area contributed by atoms with Gasteiger partial charge in [0.05, 0.1) is 29.5 Å². The van der Waals surface area contributed by atoms with Gasteiger partial charge in [0.1, 0.15) is 18.1 Å². The molecule has 15 heteroatoms. The van der Waals surface area contributed by atoms with Crippen molar-refractivity contribution in [2.75, 3.05) is 44.1 Å². The number of methoxy groups -OCH3 is 1. The van der Waals surface area contributed by atoms with Crippen molar-refractivity contribution < 1.29 is 41.1 Å². The third-order valence-corrected chi connectivity index (χ3v) is 9.71. The van der Waals surface area contributed by atoms with Gasteiger partial charge in [-0.1, -0.05) is 13.0 Å². The van der Waals surface area contributed by atoms with E-state index in [0.29, 0.717) is 6.29 Å². The molecule has 3 aromatic carbocycles. The fourth-order valence-corrected chi connectivity index (χ4v) is 6.52. The molecule has 0 aromatic heterocycles. The Morgan fingerprint density at radius 1 is 1.09 bits per heavy atom. The Bertz CT molecular complexity index is 1820. The average Bonchev–Trinajstić information content (AvgIpc) is 3.48. The number of likely N-dealkylation sites (tertiary alicyclic amines) is 1. The third kappa shape index (κ3) is 7.35. The largest absolute Gasteiger partial charge is 0.494 e. The Labute approximate surface area is 270 Å². The molecule has 3 aromatic rings. The topological polar surface area (TPSA) is 168 Å². The lowest BCUT2D eigenvalue weighted by Crippen LogP contribution is -2.39. The smallest absolute Gasteiger partial charge is 0.321 e. The molecule has 1 fully saturated rings. The number of primary amides is 1. The van der Waals surface area contributed by atoms with Crippen molar-refractivity contribution in [2.24, 2.45) is 11.7 Å². The number of hydrogen-bond donors (Lipinski definition) is 3. The zero-order valence-corrected chi connectivity index (χ0v) is 26.9. The first-order valence-corrected chi connectivity index (χ1v) is 16.2. The minimum absolute atomic E-state index is 0.00682. The second kappa shape index (κ2) is 14.2.